The second kappa shape index (κ2) is 5.87. The lowest BCUT2D eigenvalue weighted by molar-refractivity contribution is -0.141. The minimum Gasteiger partial charge on any atom is -0.264 e. The van der Waals surface area contributed by atoms with E-state index in [9.17, 15) is 17.6 Å². The fourth-order valence-corrected chi connectivity index (χ4v) is 2.54. The molecule has 5 nitrogen and oxygen atoms in total. The smallest absolute Gasteiger partial charge is 0.264 e. The van der Waals surface area contributed by atoms with E-state index in [0.717, 1.165) is 0 Å². The summed E-state index contributed by atoms with van der Waals surface area (Å²) in [6, 6.07) is 7.72. The number of pyridine rings is 1. The van der Waals surface area contributed by atoms with Gasteiger partial charge in [-0.25, -0.2) is 14.4 Å². The Hall–Kier alpha value is -3.36. The summed E-state index contributed by atoms with van der Waals surface area (Å²) in [6.45, 7) is 0. The maximum absolute atomic E-state index is 14.2. The summed E-state index contributed by atoms with van der Waals surface area (Å²) in [5, 5.41) is 3.77. The number of hydrogen-bond acceptors (Lipinski definition) is 4. The lowest BCUT2D eigenvalue weighted by atomic mass is 10.0. The van der Waals surface area contributed by atoms with Gasteiger partial charge in [0.15, 0.2) is 5.69 Å². The Balaban J connectivity index is 1.84. The minimum absolute atomic E-state index is 0.193. The Morgan fingerprint density at radius 3 is 2.54 bits per heavy atom. The fraction of sp³-hybridized carbons (Fsp3) is 0.0588. The molecular formula is C17H9F4N5. The van der Waals surface area contributed by atoms with Gasteiger partial charge in [-0.15, -0.1) is 0 Å². The molecule has 0 amide bonds. The van der Waals surface area contributed by atoms with Crippen LogP contribution in [0.15, 0.2) is 55.1 Å². The molecule has 1 aromatic carbocycles. The second-order valence-corrected chi connectivity index (χ2v) is 5.43. The average molecular weight is 359 g/mol. The van der Waals surface area contributed by atoms with Gasteiger partial charge in [-0.2, -0.15) is 22.8 Å². The third-order valence-corrected chi connectivity index (χ3v) is 3.76. The van der Waals surface area contributed by atoms with Crippen molar-refractivity contribution in [2.24, 2.45) is 0 Å². The molecule has 0 N–H and O–H groups in total. The molecule has 0 unspecified atom stereocenters. The highest BCUT2D eigenvalue weighted by Crippen LogP contribution is 2.30. The highest BCUT2D eigenvalue weighted by Gasteiger charge is 2.33. The molecule has 0 radical (unpaired) electrons. The predicted octanol–water partition coefficient (Wildman–Crippen LogP) is 4.01. The molecular weight excluding hydrogens is 350 g/mol. The van der Waals surface area contributed by atoms with Crippen molar-refractivity contribution in [2.75, 3.05) is 0 Å². The van der Waals surface area contributed by atoms with E-state index in [1.807, 2.05) is 0 Å². The quantitative estimate of drug-likeness (QED) is 0.508. The van der Waals surface area contributed by atoms with Crippen LogP contribution in [0.1, 0.15) is 5.69 Å². The molecule has 130 valence electrons. The molecule has 0 aliphatic carbocycles. The van der Waals surface area contributed by atoms with Crippen molar-refractivity contribution in [3.8, 4) is 22.4 Å². The van der Waals surface area contributed by atoms with Crippen LogP contribution in [-0.2, 0) is 6.18 Å². The van der Waals surface area contributed by atoms with E-state index in [2.05, 4.69) is 20.1 Å². The van der Waals surface area contributed by atoms with Crippen LogP contribution in [0.2, 0.25) is 0 Å². The zero-order valence-electron chi connectivity index (χ0n) is 12.9. The number of imidazole rings is 1. The Bertz CT molecular complexity index is 1090. The summed E-state index contributed by atoms with van der Waals surface area (Å²) in [5.41, 5.74) is 0.687. The summed E-state index contributed by atoms with van der Waals surface area (Å²) in [5.74, 6) is -0.636. The van der Waals surface area contributed by atoms with E-state index in [4.69, 9.17) is 0 Å². The van der Waals surface area contributed by atoms with E-state index in [-0.39, 0.29) is 5.78 Å². The van der Waals surface area contributed by atoms with Crippen LogP contribution in [0.5, 0.6) is 0 Å². The van der Waals surface area contributed by atoms with Crippen molar-refractivity contribution in [3.63, 3.8) is 0 Å². The lowest BCUT2D eigenvalue weighted by Crippen LogP contribution is -2.11. The molecule has 9 heteroatoms. The summed E-state index contributed by atoms with van der Waals surface area (Å²) >= 11 is 0. The van der Waals surface area contributed by atoms with Crippen LogP contribution in [0.3, 0.4) is 0 Å². The number of rotatable bonds is 2. The molecule has 0 saturated carbocycles. The Morgan fingerprint density at radius 1 is 0.962 bits per heavy atom. The van der Waals surface area contributed by atoms with Crippen LogP contribution in [-0.4, -0.2) is 24.6 Å². The van der Waals surface area contributed by atoms with E-state index in [1.165, 1.54) is 29.0 Å². The molecule has 4 rings (SSSR count). The first-order chi connectivity index (χ1) is 12.4. The van der Waals surface area contributed by atoms with Gasteiger partial charge >= 0.3 is 6.18 Å². The van der Waals surface area contributed by atoms with Crippen molar-refractivity contribution < 1.29 is 17.6 Å². The second-order valence-electron chi connectivity index (χ2n) is 5.43. The van der Waals surface area contributed by atoms with Crippen molar-refractivity contribution in [3.05, 3.63) is 66.6 Å². The van der Waals surface area contributed by atoms with E-state index < -0.39 is 17.7 Å². The summed E-state index contributed by atoms with van der Waals surface area (Å²) in [7, 11) is 0. The van der Waals surface area contributed by atoms with Crippen LogP contribution < -0.4 is 0 Å². The highest BCUT2D eigenvalue weighted by atomic mass is 19.4. The molecule has 0 spiro atoms. The molecule has 0 saturated heterocycles. The Kier molecular flexibility index (Phi) is 3.64. The maximum Gasteiger partial charge on any atom is 0.435 e. The van der Waals surface area contributed by atoms with Crippen LogP contribution in [0.4, 0.5) is 17.6 Å². The number of alkyl halides is 3. The topological polar surface area (TPSA) is 56.0 Å². The SMILES string of the molecule is Fc1ccc(-c2cnc3nc(C(F)(F)F)cnn23)cc1-c1cccnc1. The third kappa shape index (κ3) is 2.77. The van der Waals surface area contributed by atoms with Crippen molar-refractivity contribution in [2.45, 2.75) is 6.18 Å². The van der Waals surface area contributed by atoms with E-state index in [0.29, 0.717) is 28.6 Å². The molecule has 0 fully saturated rings. The summed E-state index contributed by atoms with van der Waals surface area (Å²) in [4.78, 5) is 11.3. The third-order valence-electron chi connectivity index (χ3n) is 3.76. The Morgan fingerprint density at radius 2 is 1.81 bits per heavy atom. The largest absolute Gasteiger partial charge is 0.435 e. The Labute approximate surface area is 144 Å². The monoisotopic (exact) mass is 359 g/mol. The van der Waals surface area contributed by atoms with Gasteiger partial charge < -0.3 is 0 Å². The number of benzene rings is 1. The van der Waals surface area contributed by atoms with Gasteiger partial charge in [0.1, 0.15) is 5.82 Å². The average Bonchev–Trinajstić information content (AvgIpc) is 3.05. The predicted molar refractivity (Wildman–Crippen MR) is 84.4 cm³/mol. The fourth-order valence-electron chi connectivity index (χ4n) is 2.54. The number of nitrogens with zero attached hydrogens (tertiary/aromatic N) is 5. The molecule has 26 heavy (non-hydrogen) atoms. The number of halogens is 4. The first-order valence-corrected chi connectivity index (χ1v) is 7.42. The van der Waals surface area contributed by atoms with Gasteiger partial charge in [0.05, 0.1) is 18.1 Å². The molecule has 0 bridgehead atoms. The summed E-state index contributed by atoms with van der Waals surface area (Å²) < 4.78 is 53.6. The number of hydrogen-bond donors (Lipinski definition) is 0. The van der Waals surface area contributed by atoms with Gasteiger partial charge in [-0.1, -0.05) is 6.07 Å². The van der Waals surface area contributed by atoms with E-state index >= 15 is 0 Å². The highest BCUT2D eigenvalue weighted by molar-refractivity contribution is 5.72. The molecule has 3 aromatic heterocycles. The first kappa shape index (κ1) is 16.1. The normalized spacial score (nSPS) is 11.8. The van der Waals surface area contributed by atoms with Gasteiger partial charge in [0.25, 0.3) is 5.78 Å². The van der Waals surface area contributed by atoms with E-state index in [1.54, 1.807) is 24.4 Å². The maximum atomic E-state index is 14.2. The van der Waals surface area contributed by atoms with Crippen LogP contribution in [0.25, 0.3) is 28.2 Å². The zero-order valence-corrected chi connectivity index (χ0v) is 12.9. The van der Waals surface area contributed by atoms with Gasteiger partial charge in [-0.05, 0) is 24.3 Å². The molecule has 0 atom stereocenters. The molecule has 4 aromatic rings. The standard InChI is InChI=1S/C17H9F4N5/c18-13-4-3-10(6-12(13)11-2-1-5-22-7-11)14-8-23-16-25-15(17(19,20)21)9-24-26(14)16/h1-9H. The van der Waals surface area contributed by atoms with Gasteiger partial charge in [-0.3, -0.25) is 4.98 Å². The van der Waals surface area contributed by atoms with Crippen molar-refractivity contribution >= 4 is 5.78 Å². The molecule has 0 aliphatic rings. The minimum atomic E-state index is -4.61. The van der Waals surface area contributed by atoms with Crippen molar-refractivity contribution in [1.29, 1.82) is 0 Å². The van der Waals surface area contributed by atoms with Crippen molar-refractivity contribution in [1.82, 2.24) is 24.6 Å². The van der Waals surface area contributed by atoms with Crippen LogP contribution in [0, 0.1) is 5.82 Å². The lowest BCUT2D eigenvalue weighted by Gasteiger charge is -2.07. The van der Waals surface area contributed by atoms with Gasteiger partial charge in [0.2, 0.25) is 0 Å². The zero-order chi connectivity index (χ0) is 18.3. The molecule has 3 heterocycles. The first-order valence-electron chi connectivity index (χ1n) is 7.42. The number of fused-ring (bicyclic) bond motifs is 1. The molecule has 0 aliphatic heterocycles. The van der Waals surface area contributed by atoms with Crippen LogP contribution >= 0.6 is 0 Å². The number of aromatic nitrogens is 5. The van der Waals surface area contributed by atoms with Gasteiger partial charge in [0, 0.05) is 29.1 Å². The summed E-state index contributed by atoms with van der Waals surface area (Å²) in [6.07, 6.45) is 0.458.